The van der Waals surface area contributed by atoms with Gasteiger partial charge < -0.3 is 20.3 Å². The Morgan fingerprint density at radius 3 is 1.42 bits per heavy atom. The second-order valence-corrected chi connectivity index (χ2v) is 7.31. The van der Waals surface area contributed by atoms with Gasteiger partial charge in [0.25, 0.3) is 0 Å². The second kappa shape index (κ2) is 18.2. The summed E-state index contributed by atoms with van der Waals surface area (Å²) in [7, 11) is -8.72. The van der Waals surface area contributed by atoms with Gasteiger partial charge in [0.1, 0.15) is 5.75 Å². The number of hydrogen-bond acceptors (Lipinski definition) is 8. The van der Waals surface area contributed by atoms with Crippen LogP contribution in [0.15, 0.2) is 54.6 Å². The van der Waals surface area contributed by atoms with E-state index in [0.29, 0.717) is 36.4 Å². The first-order chi connectivity index (χ1) is 23.4. The van der Waals surface area contributed by atoms with Crippen LogP contribution in [0.2, 0.25) is 0 Å². The van der Waals surface area contributed by atoms with Crippen molar-refractivity contribution in [1.82, 2.24) is 0 Å². The number of hydrogen-bond donors (Lipinski definition) is 1. The molecule has 244 valence electrons. The third-order valence-electron chi connectivity index (χ3n) is 4.51. The molecule has 3 rings (SSSR count). The zero-order chi connectivity index (χ0) is 42.1. The number of halogens is 10. The minimum Gasteiger partial charge on any atom is -0.857 e. The fraction of sp³-hybridized carbons (Fsp3) is 0.250. The summed E-state index contributed by atoms with van der Waals surface area (Å²) in [5, 5.41) is 29.8. The summed E-state index contributed by atoms with van der Waals surface area (Å²) >= 11 is 0. The molecule has 0 amide bonds. The molecule has 0 spiro atoms. The monoisotopic (exact) mass is 684 g/mol. The maximum Gasteiger partial charge on any atom is 1.00 e. The number of benzene rings is 3. The maximum absolute atomic E-state index is 12.6. The van der Waals surface area contributed by atoms with E-state index in [-0.39, 0.29) is 53.1 Å². The van der Waals surface area contributed by atoms with Crippen molar-refractivity contribution in [2.45, 2.75) is 18.5 Å². The van der Waals surface area contributed by atoms with E-state index in [1.165, 1.54) is 0 Å². The Balaban J connectivity index is 0. The molecule has 0 unspecified atom stereocenters. The molecular formula is C24H20F10N3NaO7. The first-order valence-corrected chi connectivity index (χ1v) is 10.3. The number of ether oxygens (including phenoxy) is 2. The fourth-order valence-electron chi connectivity index (χ4n) is 2.57. The fourth-order valence-corrected chi connectivity index (χ4v) is 2.57. The van der Waals surface area contributed by atoms with Gasteiger partial charge in [-0.05, 0) is 42.5 Å². The van der Waals surface area contributed by atoms with E-state index >= 15 is 0 Å². The van der Waals surface area contributed by atoms with Crippen molar-refractivity contribution in [2.75, 3.05) is 26.8 Å². The van der Waals surface area contributed by atoms with E-state index < -0.39 is 89.1 Å². The van der Waals surface area contributed by atoms with Crippen molar-refractivity contribution >= 4 is 17.1 Å². The molecule has 0 saturated carbocycles. The van der Waals surface area contributed by atoms with Crippen molar-refractivity contribution in [1.29, 1.82) is 0 Å². The number of anilines is 1. The van der Waals surface area contributed by atoms with Crippen molar-refractivity contribution in [3.63, 3.8) is 0 Å². The van der Waals surface area contributed by atoms with E-state index in [1.54, 1.807) is 0 Å². The third kappa shape index (κ3) is 13.7. The van der Waals surface area contributed by atoms with Gasteiger partial charge in [-0.25, -0.2) is 0 Å². The first kappa shape index (κ1) is 28.6. The number of nitrogens with zero attached hydrogens (tertiary/aromatic N) is 2. The average molecular weight is 684 g/mol. The molecule has 0 saturated heterocycles. The molecule has 3 aromatic carbocycles. The summed E-state index contributed by atoms with van der Waals surface area (Å²) in [6.07, 6.45) is -14.0. The molecular weight excluding hydrogens is 655 g/mol. The molecule has 0 aliphatic carbocycles. The summed E-state index contributed by atoms with van der Waals surface area (Å²) in [6, 6.07) is 4.57. The Morgan fingerprint density at radius 2 is 1.04 bits per heavy atom. The molecule has 21 heteroatoms. The number of rotatable bonds is 4. The van der Waals surface area contributed by atoms with E-state index in [1.807, 2.05) is 0 Å². The SMILES string of the molecule is O=[N+]([O-])c1cc(C(F)(F)F)ccc1F.[2H]C([2H])([2H])Oc1ccc(C(F)(F)F)cc1N.[2H]C([2H])([2H])Oc1ccc(C(F)(F)F)cc1[N+](=O)[O-].[2H]C([2H])([2H])[O-].[Na+]. The van der Waals surface area contributed by atoms with Gasteiger partial charge in [0, 0.05) is 16.2 Å². The number of nitrogen functional groups attached to an aromatic ring is 1. The van der Waals surface area contributed by atoms with Crippen LogP contribution < -0.4 is 49.9 Å². The van der Waals surface area contributed by atoms with Crippen LogP contribution in [0.25, 0.3) is 0 Å². The number of nitrogens with two attached hydrogens (primary N) is 1. The quantitative estimate of drug-likeness (QED) is 0.144. The predicted octanol–water partition coefficient (Wildman–Crippen LogP) is 3.65. The molecule has 0 radical (unpaired) electrons. The molecule has 0 aromatic heterocycles. The van der Waals surface area contributed by atoms with Crippen LogP contribution in [0, 0.1) is 26.0 Å². The number of nitro groups is 2. The average Bonchev–Trinajstić information content (AvgIpc) is 2.91. The zero-order valence-electron chi connectivity index (χ0n) is 30.8. The molecule has 0 heterocycles. The van der Waals surface area contributed by atoms with Crippen LogP contribution in [0.4, 0.5) is 61.0 Å². The topological polar surface area (TPSA) is 154 Å². The Morgan fingerprint density at radius 1 is 0.689 bits per heavy atom. The van der Waals surface area contributed by atoms with Crippen LogP contribution in [-0.4, -0.2) is 31.0 Å². The smallest absolute Gasteiger partial charge is 0.857 e. The van der Waals surface area contributed by atoms with Crippen molar-refractivity contribution in [3.05, 3.63) is 97.3 Å². The van der Waals surface area contributed by atoms with Gasteiger partial charge >= 0.3 is 59.5 Å². The van der Waals surface area contributed by atoms with Crippen molar-refractivity contribution in [2.24, 2.45) is 0 Å². The molecule has 10 nitrogen and oxygen atoms in total. The molecule has 3 aromatic rings. The Hall–Kier alpha value is -3.88. The number of alkyl halides is 9. The van der Waals surface area contributed by atoms with E-state index in [4.69, 9.17) is 23.2 Å². The molecule has 0 bridgehead atoms. The molecule has 2 N–H and O–H groups in total. The maximum atomic E-state index is 12.6. The van der Waals surface area contributed by atoms with Crippen LogP contribution in [0.1, 0.15) is 29.0 Å². The van der Waals surface area contributed by atoms with Gasteiger partial charge in [0.2, 0.25) is 5.82 Å². The van der Waals surface area contributed by atoms with E-state index in [9.17, 15) is 64.1 Å². The Bertz CT molecular complexity index is 1720. The van der Waals surface area contributed by atoms with Crippen molar-refractivity contribution in [3.8, 4) is 11.5 Å². The van der Waals surface area contributed by atoms with Crippen LogP contribution in [-0.2, 0) is 18.5 Å². The summed E-state index contributed by atoms with van der Waals surface area (Å²) in [4.78, 5) is 18.3. The standard InChI is InChI=1S/C8H6F3NO3.C8H8F3NO.C7H3F4NO2.CH3O.Na/c1-15-7-3-2-5(8(9,10)11)4-6(7)12(13)14;1-13-7-3-2-5(4-6(7)12)8(9,10)11;8-5-2-1-4(7(9,10)11)3-6(5)12(13)14;1-2;/h2-4H,1H3;2-4H,12H2,1H3;1-3H;1H3;/q;;;-1;+1/i2*1D3;;1D3;. The van der Waals surface area contributed by atoms with Gasteiger partial charge in [-0.2, -0.15) is 50.9 Å². The van der Waals surface area contributed by atoms with Crippen molar-refractivity contribution < 1.29 is 110 Å². The molecule has 0 aliphatic rings. The van der Waals surface area contributed by atoms with E-state index in [0.717, 1.165) is 6.07 Å². The minimum atomic E-state index is -4.76. The summed E-state index contributed by atoms with van der Waals surface area (Å²) < 4.78 is 189. The molecule has 45 heavy (non-hydrogen) atoms. The Labute approximate surface area is 281 Å². The van der Waals surface area contributed by atoms with Gasteiger partial charge in [-0.3, -0.25) is 20.2 Å². The number of nitro benzene ring substituents is 2. The summed E-state index contributed by atoms with van der Waals surface area (Å²) in [5.74, 6) is -2.33. The summed E-state index contributed by atoms with van der Waals surface area (Å²) in [5.41, 5.74) is -0.812. The normalized spacial score (nSPS) is 14.5. The largest absolute Gasteiger partial charge is 1.00 e. The van der Waals surface area contributed by atoms with Gasteiger partial charge in [-0.1, -0.05) is 0 Å². The first-order valence-electron chi connectivity index (χ1n) is 14.8. The van der Waals surface area contributed by atoms with Crippen LogP contribution in [0.3, 0.4) is 0 Å². The minimum absolute atomic E-state index is 0. The molecule has 0 atom stereocenters. The molecule has 0 fully saturated rings. The van der Waals surface area contributed by atoms with Crippen LogP contribution >= 0.6 is 0 Å². The zero-order valence-corrected chi connectivity index (χ0v) is 23.8. The van der Waals surface area contributed by atoms with Gasteiger partial charge in [0.05, 0.1) is 54.5 Å². The molecule has 0 aliphatic heterocycles. The third-order valence-corrected chi connectivity index (χ3v) is 4.51. The second-order valence-electron chi connectivity index (χ2n) is 7.31. The Kier molecular flexibility index (Phi) is 11.5. The predicted molar refractivity (Wildman–Crippen MR) is 131 cm³/mol. The number of methoxy groups -OCH3 is 2. The van der Waals surface area contributed by atoms with E-state index in [2.05, 4.69) is 9.47 Å². The van der Waals surface area contributed by atoms with Gasteiger partial charge in [-0.15, -0.1) is 0 Å². The summed E-state index contributed by atoms with van der Waals surface area (Å²) in [6.45, 7) is 0. The van der Waals surface area contributed by atoms with Crippen LogP contribution in [0.5, 0.6) is 11.5 Å². The van der Waals surface area contributed by atoms with Gasteiger partial charge in [0.15, 0.2) is 5.75 Å².